The van der Waals surface area contributed by atoms with Crippen LogP contribution >= 0.6 is 0 Å². The molecule has 0 atom stereocenters. The van der Waals surface area contributed by atoms with E-state index in [1.165, 1.54) is 0 Å². The van der Waals surface area contributed by atoms with Gasteiger partial charge < -0.3 is 0 Å². The zero-order valence-electron chi connectivity index (χ0n) is 6.97. The molecule has 0 aromatic heterocycles. The molecule has 0 amide bonds. The molecule has 0 radical (unpaired) electrons. The molecule has 0 heterocycles. The van der Waals surface area contributed by atoms with Crippen molar-refractivity contribution in [1.29, 1.82) is 0 Å². The summed E-state index contributed by atoms with van der Waals surface area (Å²) in [5, 5.41) is 0. The minimum absolute atomic E-state index is 0.118. The fourth-order valence-corrected chi connectivity index (χ4v) is 4.71. The van der Waals surface area contributed by atoms with E-state index in [9.17, 15) is 5.78 Å². The second kappa shape index (κ2) is 4.20. The van der Waals surface area contributed by atoms with Crippen molar-refractivity contribution in [1.82, 2.24) is 0 Å². The van der Waals surface area contributed by atoms with Crippen LogP contribution in [-0.2, 0) is 0 Å². The van der Waals surface area contributed by atoms with E-state index in [0.717, 1.165) is 0 Å². The van der Waals surface area contributed by atoms with E-state index in [1.54, 1.807) is 30.3 Å². The SMILES string of the molecule is CCC[Te](F)(F)c1ccccc1. The van der Waals surface area contributed by atoms with Gasteiger partial charge in [-0.1, -0.05) is 0 Å². The quantitative estimate of drug-likeness (QED) is 0.749. The first kappa shape index (κ1) is 9.95. The molecule has 0 aliphatic rings. The first-order valence-corrected chi connectivity index (χ1v) is 8.49. The summed E-state index contributed by atoms with van der Waals surface area (Å²) in [6.07, 6.45) is 0.586. The Balaban J connectivity index is 2.82. The Kier molecular flexibility index (Phi) is 3.49. The third kappa shape index (κ3) is 2.43. The third-order valence-electron chi connectivity index (χ3n) is 1.55. The molecule has 0 aliphatic carbocycles. The maximum atomic E-state index is 13.3. The molecule has 0 saturated carbocycles. The van der Waals surface area contributed by atoms with Gasteiger partial charge in [-0.2, -0.15) is 0 Å². The minimum atomic E-state index is -4.60. The molecule has 1 rings (SSSR count). The summed E-state index contributed by atoms with van der Waals surface area (Å²) in [5.74, 6) is 0. The molecule has 0 spiro atoms. The Morgan fingerprint density at radius 1 is 1.17 bits per heavy atom. The Hall–Kier alpha value is -0.130. The van der Waals surface area contributed by atoms with Crippen LogP contribution in [0, 0.1) is 0 Å². The average molecular weight is 286 g/mol. The zero-order valence-corrected chi connectivity index (χ0v) is 9.30. The van der Waals surface area contributed by atoms with Crippen molar-refractivity contribution in [3.63, 3.8) is 0 Å². The van der Waals surface area contributed by atoms with Crippen LogP contribution in [0.2, 0.25) is 4.47 Å². The normalized spacial score (nSPS) is 12.9. The van der Waals surface area contributed by atoms with Gasteiger partial charge in [-0.05, 0) is 0 Å². The van der Waals surface area contributed by atoms with E-state index < -0.39 is 19.3 Å². The molecule has 0 fully saturated rings. The molecule has 0 bridgehead atoms. The fourth-order valence-electron chi connectivity index (χ4n) is 0.994. The number of halogens is 2. The van der Waals surface area contributed by atoms with Crippen molar-refractivity contribution in [2.24, 2.45) is 0 Å². The van der Waals surface area contributed by atoms with Gasteiger partial charge in [0.05, 0.1) is 0 Å². The summed E-state index contributed by atoms with van der Waals surface area (Å²) in [7, 11) is 0. The molecule has 0 aliphatic heterocycles. The molecule has 1 aromatic rings. The molecule has 1 aromatic carbocycles. The second-order valence-electron chi connectivity index (χ2n) is 2.59. The van der Waals surface area contributed by atoms with Crippen LogP contribution in [0.3, 0.4) is 0 Å². The van der Waals surface area contributed by atoms with Crippen LogP contribution in [0.5, 0.6) is 0 Å². The first-order chi connectivity index (χ1) is 5.67. The predicted octanol–water partition coefficient (Wildman–Crippen LogP) is 2.68. The Labute approximate surface area is 77.0 Å². The van der Waals surface area contributed by atoms with Gasteiger partial charge in [0.15, 0.2) is 0 Å². The number of rotatable bonds is 3. The summed E-state index contributed by atoms with van der Waals surface area (Å²) in [4.78, 5) is 0. The molecule has 12 heavy (non-hydrogen) atoms. The molecule has 0 N–H and O–H groups in total. The van der Waals surface area contributed by atoms with Gasteiger partial charge in [-0.15, -0.1) is 0 Å². The second-order valence-corrected chi connectivity index (χ2v) is 8.39. The van der Waals surface area contributed by atoms with Crippen molar-refractivity contribution in [3.05, 3.63) is 30.3 Å². The standard InChI is InChI=1S/C9H12F2Te/c1-2-8-12(10,11)9-6-4-3-5-7-9/h3-7H,2,8H2,1H3. The Morgan fingerprint density at radius 3 is 2.25 bits per heavy atom. The van der Waals surface area contributed by atoms with Crippen LogP contribution in [0.25, 0.3) is 0 Å². The topological polar surface area (TPSA) is 0 Å². The van der Waals surface area contributed by atoms with Crippen molar-refractivity contribution in [2.75, 3.05) is 0 Å². The molecule has 0 saturated heterocycles. The van der Waals surface area contributed by atoms with Crippen LogP contribution in [0.15, 0.2) is 30.3 Å². The summed E-state index contributed by atoms with van der Waals surface area (Å²) in [6, 6.07) is 8.25. The van der Waals surface area contributed by atoms with Crippen LogP contribution in [0.4, 0.5) is 5.78 Å². The van der Waals surface area contributed by atoms with E-state index in [1.807, 2.05) is 6.92 Å². The van der Waals surface area contributed by atoms with E-state index >= 15 is 0 Å². The molecule has 68 valence electrons. The van der Waals surface area contributed by atoms with Gasteiger partial charge in [0.1, 0.15) is 0 Å². The van der Waals surface area contributed by atoms with Gasteiger partial charge in [0.2, 0.25) is 0 Å². The summed E-state index contributed by atoms with van der Waals surface area (Å²) in [6.45, 7) is 1.81. The first-order valence-electron chi connectivity index (χ1n) is 3.92. The summed E-state index contributed by atoms with van der Waals surface area (Å²) < 4.78 is 27.1. The molecule has 3 heteroatoms. The van der Waals surface area contributed by atoms with Gasteiger partial charge in [-0.25, -0.2) is 0 Å². The van der Waals surface area contributed by atoms with Crippen molar-refractivity contribution >= 4 is 22.9 Å². The van der Waals surface area contributed by atoms with E-state index in [0.29, 0.717) is 10.0 Å². The molecule has 0 nitrogen and oxygen atoms in total. The van der Waals surface area contributed by atoms with E-state index in [2.05, 4.69) is 0 Å². The Morgan fingerprint density at radius 2 is 1.75 bits per heavy atom. The maximum absolute atomic E-state index is 13.3. The average Bonchev–Trinajstić information content (AvgIpc) is 2.06. The fraction of sp³-hybridized carbons (Fsp3) is 0.333. The van der Waals surface area contributed by atoms with Crippen molar-refractivity contribution < 1.29 is 5.78 Å². The van der Waals surface area contributed by atoms with Crippen LogP contribution in [-0.4, -0.2) is 19.3 Å². The number of hydrogen-bond acceptors (Lipinski definition) is 0. The summed E-state index contributed by atoms with van der Waals surface area (Å²) >= 11 is -4.60. The van der Waals surface area contributed by atoms with Gasteiger partial charge in [-0.3, -0.25) is 0 Å². The predicted molar refractivity (Wildman–Crippen MR) is 49.1 cm³/mol. The van der Waals surface area contributed by atoms with Crippen LogP contribution < -0.4 is 3.61 Å². The van der Waals surface area contributed by atoms with Gasteiger partial charge in [0, 0.05) is 0 Å². The van der Waals surface area contributed by atoms with E-state index in [4.69, 9.17) is 0 Å². The van der Waals surface area contributed by atoms with Crippen molar-refractivity contribution in [2.45, 2.75) is 17.8 Å². The Bertz CT molecular complexity index is 234. The number of benzene rings is 1. The molecular formula is C9H12F2Te. The molecule has 0 unspecified atom stereocenters. The number of hydrogen-bond donors (Lipinski definition) is 0. The van der Waals surface area contributed by atoms with E-state index in [-0.39, 0.29) is 4.47 Å². The monoisotopic (exact) mass is 288 g/mol. The molecular weight excluding hydrogens is 274 g/mol. The van der Waals surface area contributed by atoms with Crippen molar-refractivity contribution in [3.8, 4) is 0 Å². The van der Waals surface area contributed by atoms with Gasteiger partial charge >= 0.3 is 76.9 Å². The summed E-state index contributed by atoms with van der Waals surface area (Å²) in [5.41, 5.74) is 0. The zero-order chi connectivity index (χ0) is 9.03. The van der Waals surface area contributed by atoms with Gasteiger partial charge in [0.25, 0.3) is 0 Å². The van der Waals surface area contributed by atoms with Crippen LogP contribution in [0.1, 0.15) is 13.3 Å². The third-order valence-corrected chi connectivity index (χ3v) is 6.92.